The van der Waals surface area contributed by atoms with E-state index in [-0.39, 0.29) is 0 Å². The van der Waals surface area contributed by atoms with Gasteiger partial charge in [-0.05, 0) is 25.7 Å². The van der Waals surface area contributed by atoms with Gasteiger partial charge < -0.3 is 0 Å². The summed E-state index contributed by atoms with van der Waals surface area (Å²) in [5, 5.41) is 8.45. The van der Waals surface area contributed by atoms with Crippen molar-refractivity contribution in [3.8, 4) is 6.07 Å². The summed E-state index contributed by atoms with van der Waals surface area (Å²) in [6, 6.07) is 2.12. The lowest BCUT2D eigenvalue weighted by atomic mass is 9.96. The summed E-state index contributed by atoms with van der Waals surface area (Å²) in [7, 11) is 0. The van der Waals surface area contributed by atoms with E-state index in [9.17, 15) is 0 Å². The third-order valence-electron chi connectivity index (χ3n) is 2.26. The first-order valence-corrected chi connectivity index (χ1v) is 4.51. The Morgan fingerprint density at radius 1 is 1.00 bits per heavy atom. The smallest absolute Gasteiger partial charge is 0.0911 e. The second kappa shape index (κ2) is 4.96. The molecule has 1 fully saturated rings. The zero-order valence-electron chi connectivity index (χ0n) is 6.97. The zero-order chi connectivity index (χ0) is 7.94. The first-order valence-electron chi connectivity index (χ1n) is 4.51. The molecule has 0 heterocycles. The third-order valence-corrected chi connectivity index (χ3v) is 2.26. The Hall–Kier alpha value is -0.770. The van der Waals surface area contributed by atoms with E-state index in [1.165, 1.54) is 37.7 Å². The van der Waals surface area contributed by atoms with Gasteiger partial charge in [0.05, 0.1) is 6.07 Å². The van der Waals surface area contributed by atoms with Gasteiger partial charge in [-0.25, -0.2) is 0 Å². The Kier molecular flexibility index (Phi) is 3.75. The van der Waals surface area contributed by atoms with Gasteiger partial charge in [0.2, 0.25) is 0 Å². The molecule has 0 aromatic carbocycles. The minimum atomic E-state index is 1.16. The van der Waals surface area contributed by atoms with Crippen LogP contribution < -0.4 is 0 Å². The molecule has 1 aliphatic carbocycles. The van der Waals surface area contributed by atoms with Crippen LogP contribution in [0.2, 0.25) is 0 Å². The number of rotatable bonds is 0. The highest BCUT2D eigenvalue weighted by atomic mass is 14.2. The summed E-state index contributed by atoms with van der Waals surface area (Å²) in [5.41, 5.74) is 1.37. The lowest BCUT2D eigenvalue weighted by Crippen LogP contribution is -1.91. The van der Waals surface area contributed by atoms with Crippen molar-refractivity contribution in [2.24, 2.45) is 0 Å². The van der Waals surface area contributed by atoms with Crippen LogP contribution in [-0.2, 0) is 0 Å². The molecule has 0 radical (unpaired) electrons. The second-order valence-electron chi connectivity index (χ2n) is 3.20. The van der Waals surface area contributed by atoms with E-state index < -0.39 is 0 Å². The molecule has 1 heteroatoms. The summed E-state index contributed by atoms with van der Waals surface area (Å²) < 4.78 is 0. The number of nitrogens with zero attached hydrogens (tertiary/aromatic N) is 1. The van der Waals surface area contributed by atoms with Gasteiger partial charge in [0, 0.05) is 6.08 Å². The molecule has 0 saturated heterocycles. The Morgan fingerprint density at radius 3 is 2.09 bits per heavy atom. The maximum atomic E-state index is 8.45. The van der Waals surface area contributed by atoms with E-state index in [1.807, 2.05) is 0 Å². The van der Waals surface area contributed by atoms with E-state index in [4.69, 9.17) is 5.26 Å². The van der Waals surface area contributed by atoms with Crippen molar-refractivity contribution in [3.63, 3.8) is 0 Å². The fourth-order valence-corrected chi connectivity index (χ4v) is 1.60. The molecular formula is C10H15N. The van der Waals surface area contributed by atoms with Crippen molar-refractivity contribution in [3.05, 3.63) is 11.6 Å². The first-order chi connectivity index (χ1) is 5.43. The normalized spacial score (nSPS) is 19.7. The molecule has 1 rings (SSSR count). The highest BCUT2D eigenvalue weighted by molar-refractivity contribution is 5.13. The lowest BCUT2D eigenvalue weighted by Gasteiger charge is -2.09. The molecule has 0 N–H and O–H groups in total. The number of hydrogen-bond acceptors (Lipinski definition) is 1. The highest BCUT2D eigenvalue weighted by Gasteiger charge is 2.02. The zero-order valence-corrected chi connectivity index (χ0v) is 6.97. The summed E-state index contributed by atoms with van der Waals surface area (Å²) in [4.78, 5) is 0. The maximum Gasteiger partial charge on any atom is 0.0911 e. The van der Waals surface area contributed by atoms with Crippen molar-refractivity contribution < 1.29 is 0 Å². The standard InChI is InChI=1S/C10H15N/c11-9-8-10-6-4-2-1-3-5-7-10/h8H,1-7H2. The first kappa shape index (κ1) is 8.33. The van der Waals surface area contributed by atoms with Crippen molar-refractivity contribution in [1.82, 2.24) is 0 Å². The van der Waals surface area contributed by atoms with E-state index in [2.05, 4.69) is 6.07 Å². The molecule has 0 unspecified atom stereocenters. The average molecular weight is 149 g/mol. The van der Waals surface area contributed by atoms with Crippen LogP contribution in [0.15, 0.2) is 11.6 Å². The molecule has 0 amide bonds. The van der Waals surface area contributed by atoms with Crippen molar-refractivity contribution in [1.29, 1.82) is 5.26 Å². The number of nitriles is 1. The highest BCUT2D eigenvalue weighted by Crippen LogP contribution is 2.20. The quantitative estimate of drug-likeness (QED) is 0.485. The van der Waals surface area contributed by atoms with Crippen LogP contribution in [-0.4, -0.2) is 0 Å². The fourth-order valence-electron chi connectivity index (χ4n) is 1.60. The van der Waals surface area contributed by atoms with Crippen LogP contribution in [0.4, 0.5) is 0 Å². The molecule has 0 bridgehead atoms. The summed E-state index contributed by atoms with van der Waals surface area (Å²) in [6.07, 6.45) is 10.7. The SMILES string of the molecule is N#CC=C1CCCCCCC1. The topological polar surface area (TPSA) is 23.8 Å². The monoisotopic (exact) mass is 149 g/mol. The molecule has 1 nitrogen and oxygen atoms in total. The van der Waals surface area contributed by atoms with Gasteiger partial charge in [-0.3, -0.25) is 0 Å². The molecule has 1 aliphatic rings. The fraction of sp³-hybridized carbons (Fsp3) is 0.700. The van der Waals surface area contributed by atoms with Crippen molar-refractivity contribution in [2.45, 2.75) is 44.9 Å². The molecule has 0 aromatic heterocycles. The van der Waals surface area contributed by atoms with Crippen molar-refractivity contribution >= 4 is 0 Å². The van der Waals surface area contributed by atoms with Gasteiger partial charge >= 0.3 is 0 Å². The predicted octanol–water partition coefficient (Wildman–Crippen LogP) is 3.18. The summed E-state index contributed by atoms with van der Waals surface area (Å²) in [5.74, 6) is 0. The maximum absolute atomic E-state index is 8.45. The van der Waals surface area contributed by atoms with Crippen LogP contribution in [0.25, 0.3) is 0 Å². The van der Waals surface area contributed by atoms with Crippen LogP contribution in [0, 0.1) is 11.3 Å². The summed E-state index contributed by atoms with van der Waals surface area (Å²) in [6.45, 7) is 0. The van der Waals surface area contributed by atoms with Gasteiger partial charge in [-0.1, -0.05) is 24.8 Å². The molecule has 0 spiro atoms. The van der Waals surface area contributed by atoms with Gasteiger partial charge in [0.25, 0.3) is 0 Å². The average Bonchev–Trinajstić information content (AvgIpc) is 1.94. The molecule has 0 aliphatic heterocycles. The van der Waals surface area contributed by atoms with Crippen molar-refractivity contribution in [2.75, 3.05) is 0 Å². The number of allylic oxidation sites excluding steroid dienone is 2. The second-order valence-corrected chi connectivity index (χ2v) is 3.20. The third kappa shape index (κ3) is 3.23. The minimum Gasteiger partial charge on any atom is -0.193 e. The van der Waals surface area contributed by atoms with E-state index in [1.54, 1.807) is 6.08 Å². The molecule has 60 valence electrons. The van der Waals surface area contributed by atoms with Crippen LogP contribution in [0.1, 0.15) is 44.9 Å². The molecule has 0 atom stereocenters. The van der Waals surface area contributed by atoms with E-state index in [0.29, 0.717) is 0 Å². The molecule has 0 aromatic rings. The Balaban J connectivity index is 2.39. The Bertz CT molecular complexity index is 164. The largest absolute Gasteiger partial charge is 0.193 e. The van der Waals surface area contributed by atoms with Gasteiger partial charge in [0.1, 0.15) is 0 Å². The van der Waals surface area contributed by atoms with Crippen LogP contribution in [0.5, 0.6) is 0 Å². The molecule has 11 heavy (non-hydrogen) atoms. The van der Waals surface area contributed by atoms with E-state index >= 15 is 0 Å². The van der Waals surface area contributed by atoms with Crippen LogP contribution >= 0.6 is 0 Å². The van der Waals surface area contributed by atoms with Gasteiger partial charge in [0.15, 0.2) is 0 Å². The summed E-state index contributed by atoms with van der Waals surface area (Å²) >= 11 is 0. The lowest BCUT2D eigenvalue weighted by molar-refractivity contribution is 0.569. The van der Waals surface area contributed by atoms with Gasteiger partial charge in [-0.2, -0.15) is 5.26 Å². The minimum absolute atomic E-state index is 1.16. The Morgan fingerprint density at radius 2 is 1.55 bits per heavy atom. The van der Waals surface area contributed by atoms with Crippen LogP contribution in [0.3, 0.4) is 0 Å². The number of hydrogen-bond donors (Lipinski definition) is 0. The molecular weight excluding hydrogens is 134 g/mol. The Labute approximate surface area is 68.7 Å². The predicted molar refractivity (Wildman–Crippen MR) is 46.0 cm³/mol. The molecule has 1 saturated carbocycles. The van der Waals surface area contributed by atoms with E-state index in [0.717, 1.165) is 12.8 Å². The van der Waals surface area contributed by atoms with Gasteiger partial charge in [-0.15, -0.1) is 0 Å².